The summed E-state index contributed by atoms with van der Waals surface area (Å²) in [5.41, 5.74) is -0.841. The number of nitrogens with zero attached hydrogens (tertiary/aromatic N) is 6. The Balaban J connectivity index is 1.78. The molecule has 1 aromatic carbocycles. The highest BCUT2D eigenvalue weighted by Crippen LogP contribution is 2.34. The minimum atomic E-state index is -1.69. The maximum absolute atomic E-state index is 14.3. The molecule has 0 amide bonds. The first kappa shape index (κ1) is 24.6. The molecular weight excluding hydrogens is 471 g/mol. The number of esters is 2. The van der Waals surface area contributed by atoms with Crippen LogP contribution in [-0.4, -0.2) is 60.7 Å². The molecule has 0 saturated carbocycles. The molecule has 0 bridgehead atoms. The van der Waals surface area contributed by atoms with E-state index in [1.807, 2.05) is 0 Å². The van der Waals surface area contributed by atoms with Gasteiger partial charge in [-0.1, -0.05) is 18.2 Å². The monoisotopic (exact) mass is 494 g/mol. The summed E-state index contributed by atoms with van der Waals surface area (Å²) in [6, 6.07) is 9.73. The fourth-order valence-corrected chi connectivity index (χ4v) is 3.75. The number of rotatable bonds is 8. The molecule has 0 radical (unpaired) electrons. The average molecular weight is 494 g/mol. The van der Waals surface area contributed by atoms with Gasteiger partial charge in [-0.3, -0.25) is 9.59 Å². The van der Waals surface area contributed by atoms with Crippen molar-refractivity contribution in [3.63, 3.8) is 0 Å². The Hall–Kier alpha value is -4.48. The predicted molar refractivity (Wildman–Crippen MR) is 124 cm³/mol. The van der Waals surface area contributed by atoms with E-state index >= 15 is 0 Å². The number of aromatic nitrogens is 6. The van der Waals surface area contributed by atoms with Crippen molar-refractivity contribution in [2.45, 2.75) is 32.2 Å². The third kappa shape index (κ3) is 4.57. The summed E-state index contributed by atoms with van der Waals surface area (Å²) in [5, 5.41) is 23.9. The summed E-state index contributed by atoms with van der Waals surface area (Å²) in [4.78, 5) is 33.2. The van der Waals surface area contributed by atoms with Crippen molar-refractivity contribution in [2.24, 2.45) is 0 Å². The number of pyridine rings is 1. The first-order valence-corrected chi connectivity index (χ1v) is 11.0. The van der Waals surface area contributed by atoms with Crippen LogP contribution in [0.3, 0.4) is 0 Å². The zero-order valence-electron chi connectivity index (χ0n) is 19.8. The Bertz CT molecular complexity index is 1440. The molecule has 11 nitrogen and oxygen atoms in total. The molecule has 3 aromatic heterocycles. The lowest BCUT2D eigenvalue weighted by Gasteiger charge is -2.25. The molecule has 1 unspecified atom stereocenters. The Kier molecular flexibility index (Phi) is 6.86. The first-order chi connectivity index (χ1) is 17.3. The van der Waals surface area contributed by atoms with Crippen LogP contribution in [0.15, 0.2) is 42.6 Å². The second kappa shape index (κ2) is 10.0. The highest BCUT2D eigenvalue weighted by atomic mass is 19.1. The topological polar surface area (TPSA) is 142 Å². The molecule has 186 valence electrons. The average Bonchev–Trinajstić information content (AvgIpc) is 3.23. The minimum absolute atomic E-state index is 0.0493. The molecular formula is C24H23FN6O5. The normalized spacial score (nSPS) is 12.8. The molecule has 4 rings (SSSR count). The third-order valence-electron chi connectivity index (χ3n) is 5.64. The minimum Gasteiger partial charge on any atom is -0.492 e. The Morgan fingerprint density at radius 1 is 1.17 bits per heavy atom. The summed E-state index contributed by atoms with van der Waals surface area (Å²) in [6.07, 6.45) is 1.12. The SMILES string of the molecule is CCOC(=O)C(C)(CC(=O)OC)c1nnc(-c2nn(Cc3ccccc3F)c3ncccc23)nc1O. The van der Waals surface area contributed by atoms with E-state index in [0.717, 1.165) is 0 Å². The van der Waals surface area contributed by atoms with Crippen molar-refractivity contribution in [3.05, 3.63) is 59.7 Å². The lowest BCUT2D eigenvalue weighted by molar-refractivity contribution is -0.155. The van der Waals surface area contributed by atoms with Crippen molar-refractivity contribution in [3.8, 4) is 17.4 Å². The fraction of sp³-hybridized carbons (Fsp3) is 0.292. The molecule has 12 heteroatoms. The van der Waals surface area contributed by atoms with Gasteiger partial charge < -0.3 is 14.6 Å². The van der Waals surface area contributed by atoms with Gasteiger partial charge in [-0.25, -0.2) is 14.1 Å². The van der Waals surface area contributed by atoms with E-state index in [1.165, 1.54) is 24.8 Å². The number of carbonyl (C=O) groups is 2. The summed E-state index contributed by atoms with van der Waals surface area (Å²) < 4.78 is 25.5. The summed E-state index contributed by atoms with van der Waals surface area (Å²) in [7, 11) is 1.18. The number of hydrogen-bond donors (Lipinski definition) is 1. The molecule has 3 heterocycles. The van der Waals surface area contributed by atoms with E-state index < -0.39 is 29.7 Å². The van der Waals surface area contributed by atoms with Gasteiger partial charge in [-0.15, -0.1) is 10.2 Å². The van der Waals surface area contributed by atoms with Crippen LogP contribution in [0.2, 0.25) is 0 Å². The standard InChI is InChI=1S/C24H23FN6O5/c1-4-36-23(34)24(2,12-17(32)35-3)19-22(33)27-20(29-28-19)18-15-9-7-11-26-21(15)31(30-18)13-14-8-5-6-10-16(14)25/h5-11H,4,12-13H2,1-3H3,(H,27,29,33). The zero-order valence-corrected chi connectivity index (χ0v) is 19.8. The van der Waals surface area contributed by atoms with Gasteiger partial charge in [0.05, 0.1) is 32.1 Å². The number of hydrogen-bond acceptors (Lipinski definition) is 10. The number of carbonyl (C=O) groups excluding carboxylic acids is 2. The van der Waals surface area contributed by atoms with Crippen LogP contribution in [0.5, 0.6) is 5.88 Å². The number of benzene rings is 1. The van der Waals surface area contributed by atoms with Gasteiger partial charge in [-0.05, 0) is 32.0 Å². The Morgan fingerprint density at radius 3 is 2.64 bits per heavy atom. The highest BCUT2D eigenvalue weighted by molar-refractivity contribution is 5.90. The van der Waals surface area contributed by atoms with Crippen LogP contribution in [0, 0.1) is 5.82 Å². The molecule has 0 spiro atoms. The van der Waals surface area contributed by atoms with Gasteiger partial charge in [0.2, 0.25) is 11.7 Å². The number of methoxy groups -OCH3 is 1. The molecule has 0 aliphatic rings. The van der Waals surface area contributed by atoms with E-state index in [2.05, 4.69) is 25.3 Å². The Morgan fingerprint density at radius 2 is 1.94 bits per heavy atom. The second-order valence-electron chi connectivity index (χ2n) is 8.09. The summed E-state index contributed by atoms with van der Waals surface area (Å²) in [6.45, 7) is 3.14. The number of halogens is 1. The zero-order chi connectivity index (χ0) is 25.9. The Labute approximate surface area is 204 Å². The fourth-order valence-electron chi connectivity index (χ4n) is 3.75. The highest BCUT2D eigenvalue weighted by Gasteiger charge is 2.44. The number of fused-ring (bicyclic) bond motifs is 1. The summed E-state index contributed by atoms with van der Waals surface area (Å²) >= 11 is 0. The lowest BCUT2D eigenvalue weighted by atomic mass is 9.83. The molecule has 0 saturated heterocycles. The molecule has 0 aliphatic heterocycles. The summed E-state index contributed by atoms with van der Waals surface area (Å²) in [5.74, 6) is -2.56. The molecule has 0 aliphatic carbocycles. The van der Waals surface area contributed by atoms with Crippen molar-refractivity contribution >= 4 is 23.0 Å². The maximum atomic E-state index is 14.3. The quantitative estimate of drug-likeness (QED) is 0.363. The van der Waals surface area contributed by atoms with Gasteiger partial charge in [0, 0.05) is 11.8 Å². The molecule has 4 aromatic rings. The van der Waals surface area contributed by atoms with Crippen LogP contribution in [0.25, 0.3) is 22.6 Å². The maximum Gasteiger partial charge on any atom is 0.318 e. The molecule has 36 heavy (non-hydrogen) atoms. The second-order valence-corrected chi connectivity index (χ2v) is 8.09. The largest absolute Gasteiger partial charge is 0.492 e. The van der Waals surface area contributed by atoms with Gasteiger partial charge in [0.1, 0.15) is 22.6 Å². The van der Waals surface area contributed by atoms with E-state index in [0.29, 0.717) is 16.6 Å². The molecule has 1 atom stereocenters. The van der Waals surface area contributed by atoms with Gasteiger partial charge in [-0.2, -0.15) is 10.1 Å². The molecule has 1 N–H and O–H groups in total. The van der Waals surface area contributed by atoms with Gasteiger partial charge >= 0.3 is 11.9 Å². The third-order valence-corrected chi connectivity index (χ3v) is 5.64. The van der Waals surface area contributed by atoms with Crippen LogP contribution < -0.4 is 0 Å². The van der Waals surface area contributed by atoms with Gasteiger partial charge in [0.15, 0.2) is 5.65 Å². The van der Waals surface area contributed by atoms with E-state index in [1.54, 1.807) is 43.5 Å². The molecule has 0 fully saturated rings. The van der Waals surface area contributed by atoms with Crippen molar-refractivity contribution in [1.29, 1.82) is 0 Å². The van der Waals surface area contributed by atoms with Crippen LogP contribution in [-0.2, 0) is 31.0 Å². The predicted octanol–water partition coefficient (Wildman–Crippen LogP) is 2.56. The number of ether oxygens (including phenoxy) is 2. The smallest absolute Gasteiger partial charge is 0.318 e. The van der Waals surface area contributed by atoms with Crippen LogP contribution in [0.1, 0.15) is 31.5 Å². The lowest BCUT2D eigenvalue weighted by Crippen LogP contribution is -2.38. The van der Waals surface area contributed by atoms with E-state index in [9.17, 15) is 19.1 Å². The number of aromatic hydroxyl groups is 1. The van der Waals surface area contributed by atoms with E-state index in [4.69, 9.17) is 9.47 Å². The van der Waals surface area contributed by atoms with Crippen LogP contribution in [0.4, 0.5) is 4.39 Å². The first-order valence-electron chi connectivity index (χ1n) is 11.0. The van der Waals surface area contributed by atoms with E-state index in [-0.39, 0.29) is 36.2 Å². The van der Waals surface area contributed by atoms with Crippen LogP contribution >= 0.6 is 0 Å². The van der Waals surface area contributed by atoms with Crippen molar-refractivity contribution in [2.75, 3.05) is 13.7 Å². The van der Waals surface area contributed by atoms with Crippen molar-refractivity contribution < 1.29 is 28.6 Å². The van der Waals surface area contributed by atoms with Crippen molar-refractivity contribution in [1.82, 2.24) is 29.9 Å². The van der Waals surface area contributed by atoms with Gasteiger partial charge in [0.25, 0.3) is 0 Å².